The van der Waals surface area contributed by atoms with E-state index in [0.717, 1.165) is 25.2 Å². The molecule has 0 amide bonds. The van der Waals surface area contributed by atoms with Crippen LogP contribution < -0.4 is 0 Å². The van der Waals surface area contributed by atoms with Crippen LogP contribution in [-0.4, -0.2) is 30.3 Å². The third kappa shape index (κ3) is 5.45. The number of hydrogen-bond donors (Lipinski definition) is 0. The van der Waals surface area contributed by atoms with E-state index in [2.05, 4.69) is 18.7 Å². The Labute approximate surface area is 104 Å². The highest BCUT2D eigenvalue weighted by molar-refractivity contribution is 5.93. The number of carbonyl (C=O) groups is 1. The smallest absolute Gasteiger partial charge is 0.156 e. The van der Waals surface area contributed by atoms with Gasteiger partial charge in [0.25, 0.3) is 0 Å². The van der Waals surface area contributed by atoms with Crippen LogP contribution in [0.3, 0.4) is 0 Å². The topological polar surface area (TPSA) is 20.3 Å². The number of allylic oxidation sites excluding steroid dienone is 1. The van der Waals surface area contributed by atoms with Crippen LogP contribution in [0.1, 0.15) is 25.8 Å². The summed E-state index contributed by atoms with van der Waals surface area (Å²) in [4.78, 5) is 13.9. The molecular formula is C15H21NO. The molecule has 0 bridgehead atoms. The fourth-order valence-corrected chi connectivity index (χ4v) is 1.64. The Kier molecular flexibility index (Phi) is 6.26. The summed E-state index contributed by atoms with van der Waals surface area (Å²) in [7, 11) is 0. The number of ketones is 1. The Bertz CT molecular complexity index is 352. The molecule has 2 nitrogen and oxygen atoms in total. The summed E-state index contributed by atoms with van der Waals surface area (Å²) >= 11 is 0. The van der Waals surface area contributed by atoms with Gasteiger partial charge >= 0.3 is 0 Å². The van der Waals surface area contributed by atoms with Gasteiger partial charge in [0.1, 0.15) is 0 Å². The SMILES string of the molecule is CCN(CC)CCC(=O)/C=C/c1ccccc1. The first kappa shape index (κ1) is 13.7. The molecule has 1 rings (SSSR count). The lowest BCUT2D eigenvalue weighted by Crippen LogP contribution is -2.25. The third-order valence-corrected chi connectivity index (χ3v) is 2.83. The van der Waals surface area contributed by atoms with Crippen molar-refractivity contribution in [3.05, 3.63) is 42.0 Å². The van der Waals surface area contributed by atoms with Gasteiger partial charge in [-0.25, -0.2) is 0 Å². The van der Waals surface area contributed by atoms with Gasteiger partial charge in [-0.3, -0.25) is 4.79 Å². The molecule has 0 fully saturated rings. The first-order valence-electron chi connectivity index (χ1n) is 6.24. The van der Waals surface area contributed by atoms with Gasteiger partial charge < -0.3 is 4.90 Å². The molecule has 0 spiro atoms. The Morgan fingerprint density at radius 1 is 1.18 bits per heavy atom. The molecule has 0 aliphatic carbocycles. The van der Waals surface area contributed by atoms with Crippen LogP contribution >= 0.6 is 0 Å². The van der Waals surface area contributed by atoms with E-state index >= 15 is 0 Å². The summed E-state index contributed by atoms with van der Waals surface area (Å²) in [5.74, 6) is 0.195. The van der Waals surface area contributed by atoms with E-state index in [4.69, 9.17) is 0 Å². The average molecular weight is 231 g/mol. The lowest BCUT2D eigenvalue weighted by molar-refractivity contribution is -0.114. The zero-order chi connectivity index (χ0) is 12.5. The minimum Gasteiger partial charge on any atom is -0.303 e. The van der Waals surface area contributed by atoms with Crippen molar-refractivity contribution in [1.82, 2.24) is 4.90 Å². The van der Waals surface area contributed by atoms with Crippen molar-refractivity contribution in [2.24, 2.45) is 0 Å². The normalized spacial score (nSPS) is 11.2. The zero-order valence-corrected chi connectivity index (χ0v) is 10.7. The second-order valence-corrected chi connectivity index (χ2v) is 3.99. The van der Waals surface area contributed by atoms with Gasteiger partial charge in [0.2, 0.25) is 0 Å². The van der Waals surface area contributed by atoms with E-state index in [1.807, 2.05) is 36.4 Å². The van der Waals surface area contributed by atoms with Gasteiger partial charge in [0.15, 0.2) is 5.78 Å². The Morgan fingerprint density at radius 2 is 1.82 bits per heavy atom. The maximum absolute atomic E-state index is 11.6. The molecule has 2 heteroatoms. The minimum absolute atomic E-state index is 0.195. The number of nitrogens with zero attached hydrogens (tertiary/aromatic N) is 1. The molecular weight excluding hydrogens is 210 g/mol. The van der Waals surface area contributed by atoms with Gasteiger partial charge in [-0.05, 0) is 24.7 Å². The molecule has 0 aromatic heterocycles. The molecule has 0 aliphatic heterocycles. The molecule has 0 radical (unpaired) electrons. The molecule has 1 aromatic rings. The quantitative estimate of drug-likeness (QED) is 0.672. The van der Waals surface area contributed by atoms with Crippen molar-refractivity contribution < 1.29 is 4.79 Å². The van der Waals surface area contributed by atoms with E-state index in [-0.39, 0.29) is 5.78 Å². The van der Waals surface area contributed by atoms with Crippen LogP contribution in [0.4, 0.5) is 0 Å². The van der Waals surface area contributed by atoms with Gasteiger partial charge in [-0.1, -0.05) is 50.3 Å². The highest BCUT2D eigenvalue weighted by atomic mass is 16.1. The minimum atomic E-state index is 0.195. The highest BCUT2D eigenvalue weighted by Crippen LogP contribution is 2.02. The summed E-state index contributed by atoms with van der Waals surface area (Å²) in [6.45, 7) is 7.10. The molecule has 0 aliphatic rings. The van der Waals surface area contributed by atoms with Crippen molar-refractivity contribution in [2.45, 2.75) is 20.3 Å². The maximum Gasteiger partial charge on any atom is 0.156 e. The first-order chi connectivity index (χ1) is 8.26. The van der Waals surface area contributed by atoms with Gasteiger partial charge in [-0.2, -0.15) is 0 Å². The van der Waals surface area contributed by atoms with Crippen LogP contribution in [0, 0.1) is 0 Å². The predicted molar refractivity (Wildman–Crippen MR) is 72.9 cm³/mol. The molecule has 0 saturated heterocycles. The molecule has 0 saturated carbocycles. The fourth-order valence-electron chi connectivity index (χ4n) is 1.64. The fraction of sp³-hybridized carbons (Fsp3) is 0.400. The van der Waals surface area contributed by atoms with Crippen molar-refractivity contribution in [2.75, 3.05) is 19.6 Å². The van der Waals surface area contributed by atoms with Crippen molar-refractivity contribution in [3.63, 3.8) is 0 Å². The standard InChI is InChI=1S/C15H21NO/c1-3-16(4-2)13-12-15(17)11-10-14-8-6-5-7-9-14/h5-11H,3-4,12-13H2,1-2H3/b11-10+. The van der Waals surface area contributed by atoms with Gasteiger partial charge in [0, 0.05) is 13.0 Å². The van der Waals surface area contributed by atoms with E-state index in [0.29, 0.717) is 6.42 Å². The zero-order valence-electron chi connectivity index (χ0n) is 10.7. The summed E-state index contributed by atoms with van der Waals surface area (Å²) in [6.07, 6.45) is 4.16. The van der Waals surface area contributed by atoms with Crippen molar-refractivity contribution >= 4 is 11.9 Å². The van der Waals surface area contributed by atoms with Crippen molar-refractivity contribution in [1.29, 1.82) is 0 Å². The van der Waals surface area contributed by atoms with E-state index in [9.17, 15) is 4.79 Å². The summed E-state index contributed by atoms with van der Waals surface area (Å²) < 4.78 is 0. The van der Waals surface area contributed by atoms with Crippen LogP contribution in [-0.2, 0) is 4.79 Å². The van der Waals surface area contributed by atoms with E-state index in [1.165, 1.54) is 0 Å². The second-order valence-electron chi connectivity index (χ2n) is 3.99. The lowest BCUT2D eigenvalue weighted by atomic mass is 10.1. The first-order valence-corrected chi connectivity index (χ1v) is 6.24. The summed E-state index contributed by atoms with van der Waals surface area (Å²) in [5.41, 5.74) is 1.07. The average Bonchev–Trinajstić information content (AvgIpc) is 2.39. The second kappa shape index (κ2) is 7.80. The molecule has 0 atom stereocenters. The van der Waals surface area contributed by atoms with Crippen molar-refractivity contribution in [3.8, 4) is 0 Å². The Hall–Kier alpha value is -1.41. The summed E-state index contributed by atoms with van der Waals surface area (Å²) in [5, 5.41) is 0. The molecule has 0 N–H and O–H groups in total. The van der Waals surface area contributed by atoms with E-state index < -0.39 is 0 Å². The number of carbonyl (C=O) groups excluding carboxylic acids is 1. The third-order valence-electron chi connectivity index (χ3n) is 2.83. The molecule has 0 unspecified atom stereocenters. The molecule has 17 heavy (non-hydrogen) atoms. The molecule has 92 valence electrons. The maximum atomic E-state index is 11.6. The lowest BCUT2D eigenvalue weighted by Gasteiger charge is -2.16. The number of rotatable bonds is 7. The van der Waals surface area contributed by atoms with Gasteiger partial charge in [-0.15, -0.1) is 0 Å². The Balaban J connectivity index is 2.37. The van der Waals surface area contributed by atoms with Crippen LogP contribution in [0.25, 0.3) is 6.08 Å². The predicted octanol–water partition coefficient (Wildman–Crippen LogP) is 3.00. The number of hydrogen-bond acceptors (Lipinski definition) is 2. The summed E-state index contributed by atoms with van der Waals surface area (Å²) in [6, 6.07) is 9.90. The Morgan fingerprint density at radius 3 is 2.41 bits per heavy atom. The van der Waals surface area contributed by atoms with Gasteiger partial charge in [0.05, 0.1) is 0 Å². The van der Waals surface area contributed by atoms with Crippen LogP contribution in [0.15, 0.2) is 36.4 Å². The molecule has 1 aromatic carbocycles. The van der Waals surface area contributed by atoms with E-state index in [1.54, 1.807) is 6.08 Å². The highest BCUT2D eigenvalue weighted by Gasteiger charge is 2.02. The largest absolute Gasteiger partial charge is 0.303 e. The monoisotopic (exact) mass is 231 g/mol. The van der Waals surface area contributed by atoms with Crippen LogP contribution in [0.2, 0.25) is 0 Å². The number of benzene rings is 1. The van der Waals surface area contributed by atoms with Crippen LogP contribution in [0.5, 0.6) is 0 Å². The molecule has 0 heterocycles.